The molecule has 2 fully saturated rings. The van der Waals surface area contributed by atoms with Gasteiger partial charge in [-0.15, -0.1) is 0 Å². The van der Waals surface area contributed by atoms with E-state index in [9.17, 15) is 22.8 Å². The maximum absolute atomic E-state index is 13.4. The van der Waals surface area contributed by atoms with Crippen LogP contribution in [0.15, 0.2) is 48.5 Å². The minimum Gasteiger partial charge on any atom is -0.344 e. The number of benzene rings is 2. The summed E-state index contributed by atoms with van der Waals surface area (Å²) in [4.78, 5) is 40.4. The monoisotopic (exact) mass is 493 g/mol. The van der Waals surface area contributed by atoms with Gasteiger partial charge in [0.2, 0.25) is 0 Å². The van der Waals surface area contributed by atoms with E-state index >= 15 is 0 Å². The lowest BCUT2D eigenvalue weighted by molar-refractivity contribution is -0.130. The molecule has 0 radical (unpaired) electrons. The molecule has 3 heterocycles. The second-order valence-corrected chi connectivity index (χ2v) is 11.9. The Bertz CT molecular complexity index is 1510. The lowest BCUT2D eigenvalue weighted by atomic mass is 9.90. The van der Waals surface area contributed by atoms with E-state index in [-0.39, 0.29) is 29.9 Å². The summed E-state index contributed by atoms with van der Waals surface area (Å²) in [5, 5.41) is 4.74. The maximum atomic E-state index is 13.4. The smallest absolute Gasteiger partial charge is 0.325 e. The van der Waals surface area contributed by atoms with E-state index in [0.29, 0.717) is 23.2 Å². The number of ketones is 1. The first-order valence-corrected chi connectivity index (χ1v) is 13.4. The van der Waals surface area contributed by atoms with Crippen LogP contribution in [0.3, 0.4) is 0 Å². The van der Waals surface area contributed by atoms with Crippen molar-refractivity contribution in [3.63, 3.8) is 0 Å². The van der Waals surface area contributed by atoms with Crippen molar-refractivity contribution in [3.05, 3.63) is 71.0 Å². The van der Waals surface area contributed by atoms with Crippen LogP contribution in [-0.4, -0.2) is 53.7 Å². The van der Waals surface area contributed by atoms with Crippen molar-refractivity contribution < 1.29 is 22.8 Å². The summed E-state index contributed by atoms with van der Waals surface area (Å²) in [6, 6.07) is 14.2. The fourth-order valence-electron chi connectivity index (χ4n) is 5.37. The minimum absolute atomic E-state index is 0.0497. The Morgan fingerprint density at radius 2 is 1.80 bits per heavy atom. The molecule has 35 heavy (non-hydrogen) atoms. The molecule has 2 saturated heterocycles. The summed E-state index contributed by atoms with van der Waals surface area (Å²) in [5.41, 5.74) is 1.19. The summed E-state index contributed by atoms with van der Waals surface area (Å²) in [5.74, 6) is -0.666. The molecule has 0 aliphatic carbocycles. The first kappa shape index (κ1) is 23.3. The molecule has 5 rings (SSSR count). The average Bonchev–Trinajstić information content (AvgIpc) is 3.39. The molecule has 0 saturated carbocycles. The zero-order chi connectivity index (χ0) is 25.1. The Kier molecular flexibility index (Phi) is 5.36. The van der Waals surface area contributed by atoms with Gasteiger partial charge in [-0.2, -0.15) is 0 Å². The number of aromatic nitrogens is 1. The predicted molar refractivity (Wildman–Crippen MR) is 132 cm³/mol. The van der Waals surface area contributed by atoms with Crippen LogP contribution in [0.25, 0.3) is 10.8 Å². The first-order valence-electron chi connectivity index (χ1n) is 11.6. The number of carbonyl (C=O) groups is 3. The third-order valence-corrected chi connectivity index (χ3v) is 9.01. The number of nitrogens with zero attached hydrogens (tertiary/aromatic N) is 2. The number of hydrogen-bond acceptors (Lipinski definition) is 5. The maximum Gasteiger partial charge on any atom is 0.325 e. The van der Waals surface area contributed by atoms with Gasteiger partial charge in [0.05, 0.1) is 18.1 Å². The van der Waals surface area contributed by atoms with Gasteiger partial charge in [-0.25, -0.2) is 13.2 Å². The number of urea groups is 1. The van der Waals surface area contributed by atoms with Crippen molar-refractivity contribution in [1.82, 2.24) is 14.8 Å². The van der Waals surface area contributed by atoms with E-state index in [2.05, 4.69) is 5.32 Å². The Labute approximate surface area is 203 Å². The van der Waals surface area contributed by atoms with Gasteiger partial charge < -0.3 is 9.88 Å². The number of fused-ring (bicyclic) bond motifs is 1. The molecule has 3 amide bonds. The lowest BCUT2D eigenvalue weighted by Gasteiger charge is -2.22. The summed E-state index contributed by atoms with van der Waals surface area (Å²) in [7, 11) is -3.09. The normalized spacial score (nSPS) is 23.7. The Morgan fingerprint density at radius 1 is 1.09 bits per heavy atom. The highest BCUT2D eigenvalue weighted by Gasteiger charge is 2.49. The quantitative estimate of drug-likeness (QED) is 0.434. The predicted octanol–water partition coefficient (Wildman–Crippen LogP) is 3.27. The minimum atomic E-state index is -3.09. The molecule has 2 aliphatic heterocycles. The summed E-state index contributed by atoms with van der Waals surface area (Å²) < 4.78 is 25.8. The van der Waals surface area contributed by atoms with E-state index in [1.54, 1.807) is 19.9 Å². The molecular formula is C26H27N3O5S. The van der Waals surface area contributed by atoms with Gasteiger partial charge in [-0.3, -0.25) is 14.5 Å². The number of amides is 3. The SMILES string of the molecule is Cc1cc(C(=O)CN2C(=O)N[C@@](C)(c3ccc4ccccc4c3)C2=O)c(C)n1[C@@H]1CCS(=O)(=O)C1. The Morgan fingerprint density at radius 3 is 2.49 bits per heavy atom. The Hall–Kier alpha value is -3.46. The van der Waals surface area contributed by atoms with Crippen molar-refractivity contribution in [2.24, 2.45) is 0 Å². The highest BCUT2D eigenvalue weighted by molar-refractivity contribution is 7.91. The van der Waals surface area contributed by atoms with Gasteiger partial charge in [0.15, 0.2) is 15.6 Å². The number of hydrogen-bond donors (Lipinski definition) is 1. The molecule has 2 aromatic carbocycles. The molecule has 3 aromatic rings. The molecule has 1 N–H and O–H groups in total. The summed E-state index contributed by atoms with van der Waals surface area (Å²) >= 11 is 0. The van der Waals surface area contributed by atoms with Crippen LogP contribution < -0.4 is 5.32 Å². The zero-order valence-electron chi connectivity index (χ0n) is 19.9. The van der Waals surface area contributed by atoms with Crippen molar-refractivity contribution in [3.8, 4) is 0 Å². The van der Waals surface area contributed by atoms with Gasteiger partial charge in [-0.1, -0.05) is 36.4 Å². The van der Waals surface area contributed by atoms with Crippen LogP contribution >= 0.6 is 0 Å². The molecule has 0 spiro atoms. The number of Topliss-reactive ketones (excluding diaryl/α,β-unsaturated/α-hetero) is 1. The van der Waals surface area contributed by atoms with Crippen molar-refractivity contribution >= 4 is 38.3 Å². The zero-order valence-corrected chi connectivity index (χ0v) is 20.7. The molecular weight excluding hydrogens is 466 g/mol. The fraction of sp³-hybridized carbons (Fsp3) is 0.346. The molecule has 0 unspecified atom stereocenters. The van der Waals surface area contributed by atoms with Gasteiger partial charge in [0.25, 0.3) is 5.91 Å². The van der Waals surface area contributed by atoms with Crippen LogP contribution in [0.4, 0.5) is 4.79 Å². The molecule has 182 valence electrons. The van der Waals surface area contributed by atoms with Crippen molar-refractivity contribution in [2.45, 2.75) is 38.8 Å². The van der Waals surface area contributed by atoms with Gasteiger partial charge in [0.1, 0.15) is 5.54 Å². The van der Waals surface area contributed by atoms with E-state index in [1.165, 1.54) is 0 Å². The second-order valence-electron chi connectivity index (χ2n) is 9.64. The standard InChI is InChI=1S/C26H27N3O5S/c1-16-12-22(17(2)29(16)21-10-11-35(33,34)15-21)23(30)14-28-24(31)26(3,27-25(28)32)20-9-8-18-6-4-5-7-19(18)13-20/h4-9,12-13,21H,10-11,14-15H2,1-3H3,(H,27,32)/t21-,26+/m1/s1. The Balaban J connectivity index is 1.40. The lowest BCUT2D eigenvalue weighted by Crippen LogP contribution is -2.41. The van der Waals surface area contributed by atoms with Crippen molar-refractivity contribution in [2.75, 3.05) is 18.1 Å². The molecule has 8 nitrogen and oxygen atoms in total. The average molecular weight is 494 g/mol. The van der Waals surface area contributed by atoms with Crippen LogP contribution in [0, 0.1) is 13.8 Å². The largest absolute Gasteiger partial charge is 0.344 e. The third-order valence-electron chi connectivity index (χ3n) is 7.26. The van der Waals surface area contributed by atoms with E-state index in [1.807, 2.05) is 54.0 Å². The van der Waals surface area contributed by atoms with Gasteiger partial charge >= 0.3 is 6.03 Å². The van der Waals surface area contributed by atoms with Crippen LogP contribution in [0.2, 0.25) is 0 Å². The van der Waals surface area contributed by atoms with Gasteiger partial charge in [0, 0.05) is 23.0 Å². The van der Waals surface area contributed by atoms with E-state index in [4.69, 9.17) is 0 Å². The number of sulfone groups is 1. The van der Waals surface area contributed by atoms with Crippen LogP contribution in [0.1, 0.15) is 46.7 Å². The molecule has 2 atom stereocenters. The first-order chi connectivity index (χ1) is 16.5. The van der Waals surface area contributed by atoms with Gasteiger partial charge in [-0.05, 0) is 55.7 Å². The molecule has 1 aromatic heterocycles. The third kappa shape index (κ3) is 3.83. The fourth-order valence-corrected chi connectivity index (χ4v) is 7.07. The highest BCUT2D eigenvalue weighted by Crippen LogP contribution is 2.32. The number of imide groups is 1. The van der Waals surface area contributed by atoms with Crippen molar-refractivity contribution in [1.29, 1.82) is 0 Å². The summed E-state index contributed by atoms with van der Waals surface area (Å²) in [6.45, 7) is 4.87. The van der Waals surface area contributed by atoms with E-state index in [0.717, 1.165) is 21.4 Å². The number of nitrogens with one attached hydrogen (secondary N) is 1. The molecule has 2 aliphatic rings. The van der Waals surface area contributed by atoms with Crippen LogP contribution in [-0.2, 0) is 20.2 Å². The molecule has 0 bridgehead atoms. The number of carbonyl (C=O) groups excluding carboxylic acids is 3. The second kappa shape index (κ2) is 8.05. The number of rotatable bonds is 5. The number of aryl methyl sites for hydroxylation is 1. The van der Waals surface area contributed by atoms with Crippen LogP contribution in [0.5, 0.6) is 0 Å². The topological polar surface area (TPSA) is 106 Å². The summed E-state index contributed by atoms with van der Waals surface area (Å²) in [6.07, 6.45) is 0.503. The molecule has 9 heteroatoms. The highest BCUT2D eigenvalue weighted by atomic mass is 32.2. The van der Waals surface area contributed by atoms with E-state index < -0.39 is 27.3 Å².